The van der Waals surface area contributed by atoms with Crippen molar-refractivity contribution in [3.05, 3.63) is 29.3 Å². The third kappa shape index (κ3) is 4.55. The van der Waals surface area contributed by atoms with Crippen molar-refractivity contribution in [1.29, 1.82) is 0 Å². The first kappa shape index (κ1) is 20.2. The van der Waals surface area contributed by atoms with Crippen LogP contribution in [0.25, 0.3) is 0 Å². The monoisotopic (exact) mass is 415 g/mol. The van der Waals surface area contributed by atoms with Gasteiger partial charge in [-0.2, -0.15) is 0 Å². The van der Waals surface area contributed by atoms with E-state index in [0.29, 0.717) is 17.4 Å². The van der Waals surface area contributed by atoms with Gasteiger partial charge in [-0.15, -0.1) is 0 Å². The van der Waals surface area contributed by atoms with E-state index >= 15 is 0 Å². The Hall–Kier alpha value is -0.0861. The van der Waals surface area contributed by atoms with Crippen LogP contribution in [0, 0.1) is 29.4 Å². The molecule has 24 heavy (non-hydrogen) atoms. The molecule has 2 saturated carbocycles. The van der Waals surface area contributed by atoms with Gasteiger partial charge in [0.15, 0.2) is 17.4 Å². The van der Waals surface area contributed by atoms with Crippen LogP contribution in [0.1, 0.15) is 62.8 Å². The molecule has 1 nitrogen and oxygen atoms in total. The van der Waals surface area contributed by atoms with Gasteiger partial charge in [0.25, 0.3) is 0 Å². The Morgan fingerprint density at radius 2 is 1.29 bits per heavy atom. The standard InChI is InChI=1S/C19H25F3O.Y/c20-11-12-1-3-13(4-2-12)14-5-7-15(8-6-14)16-9-17(21)19(23)18(22)10-16;/h9-10,12-15,23H,1-8,11H2;. The molecule has 131 valence electrons. The van der Waals surface area contributed by atoms with Crippen LogP contribution in [0.5, 0.6) is 5.75 Å². The number of aromatic hydroxyl groups is 1. The number of alkyl halides is 1. The van der Waals surface area contributed by atoms with Crippen molar-refractivity contribution in [2.24, 2.45) is 17.8 Å². The van der Waals surface area contributed by atoms with Gasteiger partial charge in [0.1, 0.15) is 0 Å². The minimum Gasteiger partial charge on any atom is -0.503 e. The van der Waals surface area contributed by atoms with Crippen LogP contribution in [-0.2, 0) is 32.7 Å². The molecule has 5 heteroatoms. The van der Waals surface area contributed by atoms with E-state index in [2.05, 4.69) is 0 Å². The quantitative estimate of drug-likeness (QED) is 0.670. The van der Waals surface area contributed by atoms with Crippen molar-refractivity contribution in [3.8, 4) is 5.75 Å². The summed E-state index contributed by atoms with van der Waals surface area (Å²) in [6.07, 6.45) is 8.33. The average Bonchev–Trinajstić information content (AvgIpc) is 2.59. The van der Waals surface area contributed by atoms with Crippen molar-refractivity contribution in [2.75, 3.05) is 6.67 Å². The number of hydrogen-bond acceptors (Lipinski definition) is 1. The van der Waals surface area contributed by atoms with Gasteiger partial charge >= 0.3 is 0 Å². The molecule has 0 amide bonds. The Morgan fingerprint density at radius 3 is 1.75 bits per heavy atom. The maximum Gasteiger partial charge on any atom is 0.187 e. The maximum atomic E-state index is 13.5. The molecule has 0 unspecified atom stereocenters. The summed E-state index contributed by atoms with van der Waals surface area (Å²) in [6.45, 7) is -0.183. The zero-order chi connectivity index (χ0) is 16.4. The normalized spacial score (nSPS) is 30.6. The van der Waals surface area contributed by atoms with Crippen LogP contribution in [0.2, 0.25) is 0 Å². The number of halogens is 3. The summed E-state index contributed by atoms with van der Waals surface area (Å²) in [5.41, 5.74) is 0.664. The van der Waals surface area contributed by atoms with E-state index in [1.165, 1.54) is 12.1 Å². The molecule has 1 aromatic rings. The van der Waals surface area contributed by atoms with Gasteiger partial charge < -0.3 is 5.11 Å². The second kappa shape index (κ2) is 9.03. The van der Waals surface area contributed by atoms with Crippen molar-refractivity contribution >= 4 is 0 Å². The van der Waals surface area contributed by atoms with Gasteiger partial charge in [-0.3, -0.25) is 4.39 Å². The SMILES string of the molecule is Oc1c(F)cc(C2CCC(C3CCC(CF)CC3)CC2)cc1F.[Y]. The van der Waals surface area contributed by atoms with Gasteiger partial charge in [-0.1, -0.05) is 0 Å². The van der Waals surface area contributed by atoms with Gasteiger partial charge in [-0.05, 0) is 92.7 Å². The third-order valence-corrected chi connectivity index (χ3v) is 6.06. The van der Waals surface area contributed by atoms with Gasteiger partial charge in [0.05, 0.1) is 6.67 Å². The van der Waals surface area contributed by atoms with E-state index in [-0.39, 0.29) is 51.2 Å². The molecule has 0 spiro atoms. The van der Waals surface area contributed by atoms with Crippen LogP contribution in [0.15, 0.2) is 12.1 Å². The molecule has 1 N–H and O–H groups in total. The molecule has 0 aliphatic heterocycles. The second-order valence-electron chi connectivity index (χ2n) is 7.38. The fraction of sp³-hybridized carbons (Fsp3) is 0.684. The smallest absolute Gasteiger partial charge is 0.187 e. The number of phenols is 1. The average molecular weight is 415 g/mol. The molecular formula is C19H25F3OY. The summed E-state index contributed by atoms with van der Waals surface area (Å²) >= 11 is 0. The predicted molar refractivity (Wildman–Crippen MR) is 84.1 cm³/mol. The topological polar surface area (TPSA) is 20.2 Å². The number of rotatable bonds is 3. The number of phenolic OH excluding ortho intramolecular Hbond substituents is 1. The molecule has 2 aliphatic carbocycles. The van der Waals surface area contributed by atoms with Crippen LogP contribution >= 0.6 is 0 Å². The summed E-state index contributed by atoms with van der Waals surface area (Å²) in [4.78, 5) is 0. The summed E-state index contributed by atoms with van der Waals surface area (Å²) in [6, 6.07) is 2.55. The first-order chi connectivity index (χ1) is 11.1. The molecule has 2 aliphatic rings. The first-order valence-electron chi connectivity index (χ1n) is 8.82. The summed E-state index contributed by atoms with van der Waals surface area (Å²) < 4.78 is 39.7. The third-order valence-electron chi connectivity index (χ3n) is 6.06. The van der Waals surface area contributed by atoms with Crippen molar-refractivity contribution < 1.29 is 51.0 Å². The molecule has 1 aromatic carbocycles. The number of hydrogen-bond donors (Lipinski definition) is 1. The fourth-order valence-electron chi connectivity index (χ4n) is 4.56. The Labute approximate surface area is 167 Å². The molecule has 3 rings (SSSR count). The predicted octanol–water partition coefficient (Wildman–Crippen LogP) is 5.72. The van der Waals surface area contributed by atoms with Crippen LogP contribution in [0.3, 0.4) is 0 Å². The summed E-state index contributed by atoms with van der Waals surface area (Å²) in [7, 11) is 0. The molecule has 0 aromatic heterocycles. The molecule has 0 heterocycles. The van der Waals surface area contributed by atoms with Crippen molar-refractivity contribution in [3.63, 3.8) is 0 Å². The molecule has 0 atom stereocenters. The van der Waals surface area contributed by atoms with Gasteiger partial charge in [-0.25, -0.2) is 8.78 Å². The first-order valence-corrected chi connectivity index (χ1v) is 8.82. The Morgan fingerprint density at radius 1 is 0.833 bits per heavy atom. The van der Waals surface area contributed by atoms with Crippen molar-refractivity contribution in [1.82, 2.24) is 0 Å². The van der Waals surface area contributed by atoms with E-state index in [9.17, 15) is 18.3 Å². The van der Waals surface area contributed by atoms with E-state index in [1.54, 1.807) is 0 Å². The van der Waals surface area contributed by atoms with Crippen molar-refractivity contribution in [2.45, 2.75) is 57.3 Å². The summed E-state index contributed by atoms with van der Waals surface area (Å²) in [5, 5.41) is 9.21. The summed E-state index contributed by atoms with van der Waals surface area (Å²) in [5.74, 6) is -0.792. The zero-order valence-corrected chi connectivity index (χ0v) is 16.8. The molecule has 1 radical (unpaired) electrons. The minimum atomic E-state index is -0.882. The van der Waals surface area contributed by atoms with E-state index in [0.717, 1.165) is 51.4 Å². The fourth-order valence-corrected chi connectivity index (χ4v) is 4.56. The van der Waals surface area contributed by atoms with Gasteiger partial charge in [0, 0.05) is 32.7 Å². The van der Waals surface area contributed by atoms with Crippen LogP contribution in [-0.4, -0.2) is 11.8 Å². The van der Waals surface area contributed by atoms with E-state index in [4.69, 9.17) is 0 Å². The largest absolute Gasteiger partial charge is 0.503 e. The minimum absolute atomic E-state index is 0. The molecule has 0 bridgehead atoms. The molecular weight excluding hydrogens is 390 g/mol. The van der Waals surface area contributed by atoms with E-state index in [1.807, 2.05) is 0 Å². The van der Waals surface area contributed by atoms with E-state index < -0.39 is 17.4 Å². The second-order valence-corrected chi connectivity index (χ2v) is 7.38. The molecule has 0 saturated heterocycles. The Balaban J connectivity index is 0.00000208. The van der Waals surface area contributed by atoms with Gasteiger partial charge in [0.2, 0.25) is 0 Å². The molecule has 2 fully saturated rings. The Kier molecular flexibility index (Phi) is 7.61. The zero-order valence-electron chi connectivity index (χ0n) is 14.0. The van der Waals surface area contributed by atoms with Crippen LogP contribution in [0.4, 0.5) is 13.2 Å². The van der Waals surface area contributed by atoms with Crippen LogP contribution < -0.4 is 0 Å². The maximum absolute atomic E-state index is 13.5. The Bertz CT molecular complexity index is 512. The number of benzene rings is 1.